The highest BCUT2D eigenvalue weighted by Gasteiger charge is 2.21. The molecule has 0 saturated carbocycles. The van der Waals surface area contributed by atoms with E-state index in [0.29, 0.717) is 38.8 Å². The largest absolute Gasteiger partial charge is 0.455 e. The number of rotatable bonds is 2. The lowest BCUT2D eigenvalue weighted by atomic mass is 9.84. The fourth-order valence-corrected chi connectivity index (χ4v) is 6.37. The summed E-state index contributed by atoms with van der Waals surface area (Å²) in [7, 11) is 0. The molecule has 0 unspecified atom stereocenters. The maximum atomic E-state index is 9.37. The molecule has 0 aliphatic carbocycles. The van der Waals surface area contributed by atoms with Gasteiger partial charge in [-0.25, -0.2) is 0 Å². The van der Waals surface area contributed by atoms with E-state index in [0.717, 1.165) is 26.9 Å². The van der Waals surface area contributed by atoms with Crippen LogP contribution in [0.25, 0.3) is 87.3 Å². The van der Waals surface area contributed by atoms with Crippen molar-refractivity contribution in [3.63, 3.8) is 0 Å². The summed E-state index contributed by atoms with van der Waals surface area (Å²) in [5.41, 5.74) is 2.98. The van der Waals surface area contributed by atoms with Crippen molar-refractivity contribution in [2.24, 2.45) is 0 Å². The van der Waals surface area contributed by atoms with Gasteiger partial charge in [0.05, 0.1) is 11.0 Å². The molecular weight excluding hydrogens is 496 g/mol. The molecule has 1 heterocycles. The molecule has 0 amide bonds. The zero-order valence-corrected chi connectivity index (χ0v) is 21.6. The molecule has 0 aliphatic rings. The molecule has 0 N–H and O–H groups in total. The van der Waals surface area contributed by atoms with E-state index in [1.165, 1.54) is 0 Å². The van der Waals surface area contributed by atoms with E-state index in [-0.39, 0.29) is 45.7 Å². The van der Waals surface area contributed by atoms with Crippen molar-refractivity contribution in [1.29, 1.82) is 0 Å². The highest BCUT2D eigenvalue weighted by Crippen LogP contribution is 2.48. The number of fused-ring (bicyclic) bond motifs is 8. The highest BCUT2D eigenvalue weighted by molar-refractivity contribution is 6.28. The monoisotopic (exact) mass is 528 g/mol. The van der Waals surface area contributed by atoms with Crippen LogP contribution >= 0.6 is 0 Å². The van der Waals surface area contributed by atoms with Crippen molar-refractivity contribution >= 4 is 65.0 Å². The fraction of sp³-hybridized carbons (Fsp3) is 0. The minimum atomic E-state index is -0.432. The number of benzene rings is 8. The Morgan fingerprint density at radius 3 is 1.66 bits per heavy atom. The van der Waals surface area contributed by atoms with Gasteiger partial charge in [0.2, 0.25) is 0 Å². The minimum Gasteiger partial charge on any atom is -0.455 e. The molecule has 9 rings (SSSR count). The predicted molar refractivity (Wildman–Crippen MR) is 175 cm³/mol. The molecule has 41 heavy (non-hydrogen) atoms. The summed E-state index contributed by atoms with van der Waals surface area (Å²) >= 11 is 0. The van der Waals surface area contributed by atoms with Crippen molar-refractivity contribution in [3.8, 4) is 22.3 Å². The van der Waals surface area contributed by atoms with Crippen LogP contribution in [-0.4, -0.2) is 0 Å². The third kappa shape index (κ3) is 3.18. The molecule has 1 nitrogen and oxygen atoms in total. The lowest BCUT2D eigenvalue weighted by molar-refractivity contribution is 0.673. The van der Waals surface area contributed by atoms with E-state index in [4.69, 9.17) is 9.90 Å². The van der Waals surface area contributed by atoms with Crippen LogP contribution in [0.3, 0.4) is 0 Å². The first-order valence-electron chi connectivity index (χ1n) is 17.5. The van der Waals surface area contributed by atoms with Crippen LogP contribution in [0.15, 0.2) is 150 Å². The topological polar surface area (TPSA) is 13.1 Å². The summed E-state index contributed by atoms with van der Waals surface area (Å²) in [6, 6.07) is 27.7. The van der Waals surface area contributed by atoms with Gasteiger partial charge >= 0.3 is 0 Å². The molecule has 0 bridgehead atoms. The zero-order valence-electron chi connectivity index (χ0n) is 29.6. The SMILES string of the molecule is [2H]c1c([2H])c([2H])c2c(-c3cccc4oc5c6ccccc6ccc5c34)c3c([2H])c([2H])c([2H])c([2H])c3c(-c3cccc4ccccc34)c2c1[2H]. The summed E-state index contributed by atoms with van der Waals surface area (Å²) in [4.78, 5) is 0. The molecule has 190 valence electrons. The van der Waals surface area contributed by atoms with Gasteiger partial charge in [-0.3, -0.25) is 0 Å². The van der Waals surface area contributed by atoms with E-state index in [2.05, 4.69) is 0 Å². The molecule has 0 atom stereocenters. The predicted octanol–water partition coefficient (Wildman–Crippen LogP) is 11.5. The average Bonchev–Trinajstić information content (AvgIpc) is 3.53. The molecule has 0 saturated heterocycles. The van der Waals surface area contributed by atoms with Crippen LogP contribution in [0.2, 0.25) is 0 Å². The lowest BCUT2D eigenvalue weighted by Gasteiger charge is -2.19. The van der Waals surface area contributed by atoms with Crippen molar-refractivity contribution in [2.75, 3.05) is 0 Å². The number of hydrogen-bond acceptors (Lipinski definition) is 1. The average molecular weight is 529 g/mol. The summed E-state index contributed by atoms with van der Waals surface area (Å²) in [5.74, 6) is 0. The number of hydrogen-bond donors (Lipinski definition) is 0. The Hall–Kier alpha value is -5.40. The van der Waals surface area contributed by atoms with E-state index >= 15 is 0 Å². The summed E-state index contributed by atoms with van der Waals surface area (Å²) in [6.45, 7) is 0. The van der Waals surface area contributed by atoms with Gasteiger partial charge in [0.25, 0.3) is 0 Å². The van der Waals surface area contributed by atoms with Crippen LogP contribution in [-0.2, 0) is 0 Å². The van der Waals surface area contributed by atoms with E-state index in [9.17, 15) is 5.48 Å². The van der Waals surface area contributed by atoms with Crippen LogP contribution < -0.4 is 0 Å². The Kier molecular flexibility index (Phi) is 3.34. The normalized spacial score (nSPS) is 14.6. The van der Waals surface area contributed by atoms with Gasteiger partial charge in [-0.15, -0.1) is 0 Å². The minimum absolute atomic E-state index is 0.175. The third-order valence-corrected chi connectivity index (χ3v) is 8.09. The van der Waals surface area contributed by atoms with E-state index < -0.39 is 24.2 Å². The van der Waals surface area contributed by atoms with Gasteiger partial charge in [0.15, 0.2) is 0 Å². The third-order valence-electron chi connectivity index (χ3n) is 8.09. The summed E-state index contributed by atoms with van der Waals surface area (Å²) in [6.07, 6.45) is 0. The first kappa shape index (κ1) is 16.0. The Morgan fingerprint density at radius 1 is 0.415 bits per heavy atom. The molecule has 8 aromatic carbocycles. The second kappa shape index (κ2) is 8.55. The molecule has 0 aliphatic heterocycles. The second-order valence-corrected chi connectivity index (χ2v) is 10.2. The molecule has 0 fully saturated rings. The van der Waals surface area contributed by atoms with Gasteiger partial charge < -0.3 is 4.42 Å². The summed E-state index contributed by atoms with van der Waals surface area (Å²) < 4.78 is 79.0. The summed E-state index contributed by atoms with van der Waals surface area (Å²) in [5, 5.41) is 5.76. The van der Waals surface area contributed by atoms with Crippen molar-refractivity contribution < 1.29 is 15.4 Å². The zero-order chi connectivity index (χ0) is 33.9. The van der Waals surface area contributed by atoms with Gasteiger partial charge in [-0.05, 0) is 72.1 Å². The molecule has 1 aromatic heterocycles. The van der Waals surface area contributed by atoms with Gasteiger partial charge in [0.1, 0.15) is 11.2 Å². The maximum Gasteiger partial charge on any atom is 0.143 e. The van der Waals surface area contributed by atoms with Crippen LogP contribution in [0.4, 0.5) is 0 Å². The van der Waals surface area contributed by atoms with Crippen molar-refractivity contribution in [3.05, 3.63) is 145 Å². The Bertz CT molecular complexity index is 2840. The first-order chi connectivity index (χ1) is 23.7. The number of furan rings is 1. The second-order valence-electron chi connectivity index (χ2n) is 10.2. The van der Waals surface area contributed by atoms with Crippen molar-refractivity contribution in [1.82, 2.24) is 0 Å². The van der Waals surface area contributed by atoms with Gasteiger partial charge in [0, 0.05) is 16.2 Å². The molecule has 0 radical (unpaired) electrons. The smallest absolute Gasteiger partial charge is 0.143 e. The molecular formula is C40H24O. The van der Waals surface area contributed by atoms with Crippen LogP contribution in [0.1, 0.15) is 11.0 Å². The maximum absolute atomic E-state index is 9.37. The van der Waals surface area contributed by atoms with E-state index in [1.807, 2.05) is 91.0 Å². The quantitative estimate of drug-likeness (QED) is 0.203. The van der Waals surface area contributed by atoms with Crippen LogP contribution in [0.5, 0.6) is 0 Å². The van der Waals surface area contributed by atoms with Crippen molar-refractivity contribution in [2.45, 2.75) is 0 Å². The first-order valence-corrected chi connectivity index (χ1v) is 13.5. The standard InChI is InChI=1S/C40H24O/c1-3-14-27-25(11-1)13-9-20-29(27)37-30-16-5-7-18-32(30)38(33-19-8-6-17-31(33)37)34-21-10-22-36-39(34)35-24-23-26-12-2-4-15-28(26)40(35)41-36/h1-24H/i5D,6D,7D,8D,16D,17D,18D,19D. The van der Waals surface area contributed by atoms with Gasteiger partial charge in [-0.2, -0.15) is 0 Å². The highest BCUT2D eigenvalue weighted by atomic mass is 16.3. The van der Waals surface area contributed by atoms with Crippen LogP contribution in [0, 0.1) is 0 Å². The lowest BCUT2D eigenvalue weighted by Crippen LogP contribution is -1.92. The molecule has 9 aromatic rings. The fourth-order valence-electron chi connectivity index (χ4n) is 6.37. The van der Waals surface area contributed by atoms with Gasteiger partial charge in [-0.1, -0.05) is 133 Å². The molecule has 1 heteroatoms. The Balaban J connectivity index is 1.61. The Morgan fingerprint density at radius 2 is 0.951 bits per heavy atom. The Labute approximate surface area is 248 Å². The van der Waals surface area contributed by atoms with E-state index in [1.54, 1.807) is 6.07 Å². The molecule has 0 spiro atoms.